The minimum Gasteiger partial charge on any atom is -0.456 e. The zero-order valence-corrected chi connectivity index (χ0v) is 25.8. The number of rotatable bonds is 4. The van der Waals surface area contributed by atoms with E-state index in [1.54, 1.807) is 0 Å². The number of aromatic nitrogens is 3. The molecule has 0 spiro atoms. The van der Waals surface area contributed by atoms with E-state index in [4.69, 9.17) is 14.4 Å². The highest BCUT2D eigenvalue weighted by atomic mass is 16.3. The molecule has 0 aliphatic heterocycles. The van der Waals surface area contributed by atoms with Gasteiger partial charge in [0.1, 0.15) is 11.2 Å². The van der Waals surface area contributed by atoms with Gasteiger partial charge in [-0.3, -0.25) is 4.57 Å². The van der Waals surface area contributed by atoms with Gasteiger partial charge in [-0.15, -0.1) is 0 Å². The summed E-state index contributed by atoms with van der Waals surface area (Å²) in [6.07, 6.45) is 3.91. The van der Waals surface area contributed by atoms with E-state index in [0.29, 0.717) is 5.95 Å². The lowest BCUT2D eigenvalue weighted by atomic mass is 9.94. The van der Waals surface area contributed by atoms with Crippen LogP contribution < -0.4 is 0 Å². The summed E-state index contributed by atoms with van der Waals surface area (Å²) in [6.45, 7) is 0. The summed E-state index contributed by atoms with van der Waals surface area (Å²) in [5.41, 5.74) is 10.6. The van der Waals surface area contributed by atoms with Crippen molar-refractivity contribution in [1.29, 1.82) is 0 Å². The molecule has 0 atom stereocenters. The van der Waals surface area contributed by atoms with E-state index in [1.807, 2.05) is 24.5 Å². The normalized spacial score (nSPS) is 11.8. The Bertz CT molecular complexity index is 2760. The fourth-order valence-corrected chi connectivity index (χ4v) is 7.27. The average Bonchev–Trinajstić information content (AvgIpc) is 3.72. The van der Waals surface area contributed by atoms with E-state index in [-0.39, 0.29) is 0 Å². The van der Waals surface area contributed by atoms with Crippen molar-refractivity contribution in [1.82, 2.24) is 14.5 Å². The number of hydrogen-bond acceptors (Lipinski definition) is 3. The van der Waals surface area contributed by atoms with Crippen LogP contribution in [0.4, 0.5) is 0 Å². The third-order valence-electron chi connectivity index (χ3n) is 9.49. The Morgan fingerprint density at radius 2 is 0.938 bits per heavy atom. The van der Waals surface area contributed by atoms with Crippen molar-refractivity contribution in [2.45, 2.75) is 0 Å². The largest absolute Gasteiger partial charge is 0.456 e. The van der Waals surface area contributed by atoms with Crippen LogP contribution in [-0.4, -0.2) is 14.5 Å². The third kappa shape index (κ3) is 4.10. The maximum absolute atomic E-state index is 6.24. The topological polar surface area (TPSA) is 43.9 Å². The number of benzene rings is 7. The molecule has 0 radical (unpaired) electrons. The average molecular weight is 614 g/mol. The summed E-state index contributed by atoms with van der Waals surface area (Å²) in [6, 6.07) is 53.2. The molecule has 10 aromatic rings. The van der Waals surface area contributed by atoms with Crippen molar-refractivity contribution in [3.63, 3.8) is 0 Å². The number of furan rings is 1. The molecule has 7 aromatic carbocycles. The van der Waals surface area contributed by atoms with Gasteiger partial charge in [0, 0.05) is 44.9 Å². The fourth-order valence-electron chi connectivity index (χ4n) is 7.27. The smallest absolute Gasteiger partial charge is 0.234 e. The van der Waals surface area contributed by atoms with E-state index in [9.17, 15) is 0 Å². The van der Waals surface area contributed by atoms with Crippen LogP contribution in [-0.2, 0) is 0 Å². The van der Waals surface area contributed by atoms with Crippen LogP contribution in [0.1, 0.15) is 0 Å². The van der Waals surface area contributed by atoms with Crippen LogP contribution in [0.3, 0.4) is 0 Å². The molecular formula is C44H27N3O. The fraction of sp³-hybridized carbons (Fsp3) is 0. The minimum absolute atomic E-state index is 0.636. The molecule has 0 saturated carbocycles. The van der Waals surface area contributed by atoms with Crippen LogP contribution in [0.25, 0.3) is 93.8 Å². The van der Waals surface area contributed by atoms with E-state index in [1.165, 1.54) is 21.9 Å². The Labute approximate surface area is 276 Å². The van der Waals surface area contributed by atoms with Gasteiger partial charge in [0.25, 0.3) is 0 Å². The van der Waals surface area contributed by atoms with Crippen molar-refractivity contribution in [2.24, 2.45) is 0 Å². The minimum atomic E-state index is 0.636. The number of hydrogen-bond donors (Lipinski definition) is 0. The molecule has 0 unspecified atom stereocenters. The maximum Gasteiger partial charge on any atom is 0.234 e. The van der Waals surface area contributed by atoms with Gasteiger partial charge in [0.05, 0.1) is 11.0 Å². The Morgan fingerprint density at radius 1 is 0.396 bits per heavy atom. The zero-order chi connectivity index (χ0) is 31.6. The summed E-state index contributed by atoms with van der Waals surface area (Å²) in [5.74, 6) is 0.636. The molecule has 3 aromatic heterocycles. The van der Waals surface area contributed by atoms with Gasteiger partial charge in [0.2, 0.25) is 5.95 Å². The van der Waals surface area contributed by atoms with Gasteiger partial charge < -0.3 is 4.42 Å². The first-order valence-corrected chi connectivity index (χ1v) is 16.1. The van der Waals surface area contributed by atoms with Crippen LogP contribution >= 0.6 is 0 Å². The van der Waals surface area contributed by atoms with E-state index < -0.39 is 0 Å². The van der Waals surface area contributed by atoms with Crippen molar-refractivity contribution in [3.8, 4) is 39.3 Å². The molecule has 0 aliphatic rings. The Hall–Kier alpha value is -6.52. The molecule has 0 aliphatic carbocycles. The van der Waals surface area contributed by atoms with E-state index in [2.05, 4.69) is 144 Å². The maximum atomic E-state index is 6.24. The summed E-state index contributed by atoms with van der Waals surface area (Å²) >= 11 is 0. The van der Waals surface area contributed by atoms with Gasteiger partial charge in [-0.05, 0) is 75.7 Å². The summed E-state index contributed by atoms with van der Waals surface area (Å²) in [5, 5.41) is 6.87. The molecule has 0 N–H and O–H groups in total. The molecule has 4 nitrogen and oxygen atoms in total. The van der Waals surface area contributed by atoms with Crippen LogP contribution in [0.15, 0.2) is 168 Å². The molecule has 0 fully saturated rings. The van der Waals surface area contributed by atoms with Gasteiger partial charge >= 0.3 is 0 Å². The number of nitrogens with zero attached hydrogens (tertiary/aromatic N) is 3. The molecule has 3 heterocycles. The van der Waals surface area contributed by atoms with E-state index in [0.717, 1.165) is 66.0 Å². The van der Waals surface area contributed by atoms with Crippen LogP contribution in [0.5, 0.6) is 0 Å². The van der Waals surface area contributed by atoms with Crippen LogP contribution in [0.2, 0.25) is 0 Å². The van der Waals surface area contributed by atoms with Gasteiger partial charge in [-0.25, -0.2) is 9.97 Å². The summed E-state index contributed by atoms with van der Waals surface area (Å²) in [4.78, 5) is 10.1. The molecule has 48 heavy (non-hydrogen) atoms. The second kappa shape index (κ2) is 10.5. The Kier molecular flexibility index (Phi) is 5.84. The molecule has 0 amide bonds. The lowest BCUT2D eigenvalue weighted by Gasteiger charge is -2.12. The number of fused-ring (bicyclic) bond motifs is 9. The van der Waals surface area contributed by atoms with Gasteiger partial charge in [-0.1, -0.05) is 109 Å². The first-order chi connectivity index (χ1) is 23.8. The molecule has 224 valence electrons. The Morgan fingerprint density at radius 3 is 1.65 bits per heavy atom. The summed E-state index contributed by atoms with van der Waals surface area (Å²) in [7, 11) is 0. The predicted octanol–water partition coefficient (Wildman–Crippen LogP) is 11.6. The lowest BCUT2D eigenvalue weighted by molar-refractivity contribution is 0.669. The molecular weight excluding hydrogens is 587 g/mol. The zero-order valence-electron chi connectivity index (χ0n) is 25.8. The second-order valence-corrected chi connectivity index (χ2v) is 12.2. The Balaban J connectivity index is 1.18. The molecule has 4 heteroatoms. The quantitative estimate of drug-likeness (QED) is 0.198. The van der Waals surface area contributed by atoms with E-state index >= 15 is 0 Å². The lowest BCUT2D eigenvalue weighted by Crippen LogP contribution is -2.01. The monoisotopic (exact) mass is 613 g/mol. The molecule has 0 saturated heterocycles. The summed E-state index contributed by atoms with van der Waals surface area (Å²) < 4.78 is 8.45. The first kappa shape index (κ1) is 26.7. The van der Waals surface area contributed by atoms with Crippen molar-refractivity contribution in [2.75, 3.05) is 0 Å². The SMILES string of the molecule is c1ccc(-c2cc(-c3ccccc3)cc(-c3cnc(-n4c5ccccc5c5ccc6c(ccc7oc8ccccc8c76)c54)nc3)c2)cc1. The predicted molar refractivity (Wildman–Crippen MR) is 197 cm³/mol. The molecule has 10 rings (SSSR count). The highest BCUT2D eigenvalue weighted by molar-refractivity contribution is 6.26. The second-order valence-electron chi connectivity index (χ2n) is 12.2. The highest BCUT2D eigenvalue weighted by Gasteiger charge is 2.19. The van der Waals surface area contributed by atoms with Crippen molar-refractivity contribution < 1.29 is 4.42 Å². The standard InChI is InChI=1S/C44H27N3O/c1-3-11-28(12-4-1)30-23-31(29-13-5-2-6-14-29)25-32(24-30)33-26-45-44(46-27-33)47-39-17-9-7-15-34(39)36-20-19-35-37(43(36)47)21-22-41-42(35)38-16-8-10-18-40(38)48-41/h1-27H. The van der Waals surface area contributed by atoms with Gasteiger partial charge in [0.15, 0.2) is 0 Å². The molecule has 0 bridgehead atoms. The highest BCUT2D eigenvalue weighted by Crippen LogP contribution is 2.41. The van der Waals surface area contributed by atoms with Crippen molar-refractivity contribution in [3.05, 3.63) is 164 Å². The van der Waals surface area contributed by atoms with Crippen molar-refractivity contribution >= 4 is 54.5 Å². The van der Waals surface area contributed by atoms with Crippen LogP contribution in [0, 0.1) is 0 Å². The first-order valence-electron chi connectivity index (χ1n) is 16.1. The van der Waals surface area contributed by atoms with Gasteiger partial charge in [-0.2, -0.15) is 0 Å². The number of para-hydroxylation sites is 2. The third-order valence-corrected chi connectivity index (χ3v) is 9.49.